The molecule has 0 radical (unpaired) electrons. The number of hydrogen-bond donors (Lipinski definition) is 2. The molecule has 1 aromatic heterocycles. The summed E-state index contributed by atoms with van der Waals surface area (Å²) in [4.78, 5) is 24.2. The lowest BCUT2D eigenvalue weighted by Gasteiger charge is -2.13. The van der Waals surface area contributed by atoms with E-state index in [4.69, 9.17) is 21.4 Å². The van der Waals surface area contributed by atoms with Crippen LogP contribution in [0.15, 0.2) is 35.9 Å². The highest BCUT2D eigenvalue weighted by molar-refractivity contribution is 6.32. The topological polar surface area (TPSA) is 93.4 Å². The maximum atomic E-state index is 13.1. The lowest BCUT2D eigenvalue weighted by molar-refractivity contribution is -0.137. The first-order chi connectivity index (χ1) is 17.6. The fourth-order valence-electron chi connectivity index (χ4n) is 5.10. The minimum atomic E-state index is -1.07. The minimum Gasteiger partial charge on any atom is -0.494 e. The van der Waals surface area contributed by atoms with E-state index in [0.717, 1.165) is 61.1 Å². The molecule has 2 N–H and O–H groups in total. The molecule has 37 heavy (non-hydrogen) atoms. The van der Waals surface area contributed by atoms with Gasteiger partial charge >= 0.3 is 5.97 Å². The van der Waals surface area contributed by atoms with E-state index in [-0.39, 0.29) is 5.91 Å². The second-order valence-electron chi connectivity index (χ2n) is 9.53. The smallest absolute Gasteiger partial charge is 0.322 e. The third-order valence-electron chi connectivity index (χ3n) is 6.92. The SMILES string of the molecule is Cc1cc(OCCCC2=C(C(=O)NCC(=O)O)Cc3c2cccc3-c2c(C)nn(C)c2C)cc(C)c1Cl. The number of amides is 1. The molecule has 3 aromatic rings. The summed E-state index contributed by atoms with van der Waals surface area (Å²) in [6.07, 6.45) is 1.76. The van der Waals surface area contributed by atoms with Gasteiger partial charge in [0.15, 0.2) is 0 Å². The number of fused-ring (bicyclic) bond motifs is 1. The van der Waals surface area contributed by atoms with Gasteiger partial charge in [-0.3, -0.25) is 14.3 Å². The average molecular weight is 522 g/mol. The molecular weight excluding hydrogens is 490 g/mol. The second-order valence-corrected chi connectivity index (χ2v) is 9.91. The molecule has 1 aliphatic rings. The quantitative estimate of drug-likeness (QED) is 0.370. The van der Waals surface area contributed by atoms with Crippen molar-refractivity contribution >= 4 is 29.1 Å². The number of carbonyl (C=O) groups excluding carboxylic acids is 1. The number of aliphatic carboxylic acids is 1. The molecule has 7 nitrogen and oxygen atoms in total. The van der Waals surface area contributed by atoms with Crippen LogP contribution in [0.1, 0.15) is 46.5 Å². The summed E-state index contributed by atoms with van der Waals surface area (Å²) < 4.78 is 7.87. The highest BCUT2D eigenvalue weighted by atomic mass is 35.5. The number of nitrogens with one attached hydrogen (secondary N) is 1. The van der Waals surface area contributed by atoms with Gasteiger partial charge in [-0.15, -0.1) is 0 Å². The van der Waals surface area contributed by atoms with Crippen LogP contribution < -0.4 is 10.1 Å². The molecule has 194 valence electrons. The van der Waals surface area contributed by atoms with Gasteiger partial charge in [0, 0.05) is 35.3 Å². The van der Waals surface area contributed by atoms with Crippen molar-refractivity contribution in [1.82, 2.24) is 15.1 Å². The Balaban J connectivity index is 1.61. The lowest BCUT2D eigenvalue weighted by atomic mass is 9.93. The zero-order valence-electron chi connectivity index (χ0n) is 21.9. The van der Waals surface area contributed by atoms with Gasteiger partial charge in [-0.25, -0.2) is 0 Å². The number of aromatic nitrogens is 2. The molecule has 0 bridgehead atoms. The van der Waals surface area contributed by atoms with Crippen molar-refractivity contribution in [3.05, 3.63) is 74.6 Å². The molecule has 0 spiro atoms. The van der Waals surface area contributed by atoms with Gasteiger partial charge in [0.1, 0.15) is 12.3 Å². The number of aryl methyl sites for hydroxylation is 4. The van der Waals surface area contributed by atoms with Gasteiger partial charge in [0.25, 0.3) is 0 Å². The predicted molar refractivity (Wildman–Crippen MR) is 145 cm³/mol. The molecule has 0 unspecified atom stereocenters. The van der Waals surface area contributed by atoms with Crippen molar-refractivity contribution in [2.75, 3.05) is 13.2 Å². The fourth-order valence-corrected chi connectivity index (χ4v) is 5.21. The van der Waals surface area contributed by atoms with Crippen molar-refractivity contribution in [2.45, 2.75) is 47.0 Å². The monoisotopic (exact) mass is 521 g/mol. The average Bonchev–Trinajstić information content (AvgIpc) is 3.34. The molecule has 0 saturated carbocycles. The van der Waals surface area contributed by atoms with E-state index in [1.165, 1.54) is 0 Å². The van der Waals surface area contributed by atoms with Crippen LogP contribution in [0.3, 0.4) is 0 Å². The van der Waals surface area contributed by atoms with E-state index in [1.807, 2.05) is 63.7 Å². The van der Waals surface area contributed by atoms with Crippen molar-refractivity contribution in [3.8, 4) is 16.9 Å². The number of carboxylic acids is 1. The Morgan fingerprint density at radius 3 is 2.43 bits per heavy atom. The third kappa shape index (κ3) is 5.42. The molecular formula is C29H32ClN3O4. The number of hydrogen-bond acceptors (Lipinski definition) is 4. The number of ether oxygens (including phenoxy) is 1. The normalized spacial score (nSPS) is 12.6. The number of halogens is 1. The molecule has 0 aliphatic heterocycles. The van der Waals surface area contributed by atoms with Gasteiger partial charge in [0.05, 0.1) is 12.3 Å². The summed E-state index contributed by atoms with van der Waals surface area (Å²) in [6, 6.07) is 9.97. The first kappa shape index (κ1) is 26.5. The zero-order chi connectivity index (χ0) is 26.9. The van der Waals surface area contributed by atoms with Gasteiger partial charge < -0.3 is 15.2 Å². The number of rotatable bonds is 9. The Kier molecular flexibility index (Phi) is 7.73. The molecule has 0 saturated heterocycles. The van der Waals surface area contributed by atoms with E-state index in [9.17, 15) is 9.59 Å². The van der Waals surface area contributed by atoms with Gasteiger partial charge in [0.2, 0.25) is 5.91 Å². The van der Waals surface area contributed by atoms with Crippen LogP contribution >= 0.6 is 11.6 Å². The standard InChI is InChI=1S/C29H32ClN3O4/c1-16-12-20(13-17(2)28(16)30)37-11-7-10-22-21-8-6-9-23(27-18(3)32-33(5)19(27)4)24(21)14-25(22)29(36)31-15-26(34)35/h6,8-9,12-13H,7,10-11,14-15H2,1-5H3,(H,31,36)(H,34,35). The van der Waals surface area contributed by atoms with E-state index in [2.05, 4.69) is 16.5 Å². The lowest BCUT2D eigenvalue weighted by Crippen LogP contribution is -2.30. The number of carboxylic acid groups (broad SMARTS) is 1. The summed E-state index contributed by atoms with van der Waals surface area (Å²) >= 11 is 6.27. The van der Waals surface area contributed by atoms with E-state index in [1.54, 1.807) is 0 Å². The van der Waals surface area contributed by atoms with Crippen LogP contribution in [0.4, 0.5) is 0 Å². The molecule has 1 heterocycles. The highest BCUT2D eigenvalue weighted by Gasteiger charge is 2.29. The van der Waals surface area contributed by atoms with Crippen molar-refractivity contribution in [3.63, 3.8) is 0 Å². The van der Waals surface area contributed by atoms with Crippen LogP contribution in [0, 0.1) is 27.7 Å². The van der Waals surface area contributed by atoms with Gasteiger partial charge in [-0.05, 0) is 86.1 Å². The number of allylic oxidation sites excluding steroid dienone is 1. The van der Waals surface area contributed by atoms with Crippen LogP contribution in [-0.4, -0.2) is 39.9 Å². The Hall–Kier alpha value is -3.58. The van der Waals surface area contributed by atoms with Crippen LogP contribution in [0.2, 0.25) is 5.02 Å². The van der Waals surface area contributed by atoms with Crippen molar-refractivity contribution < 1.29 is 19.4 Å². The zero-order valence-corrected chi connectivity index (χ0v) is 22.6. The first-order valence-corrected chi connectivity index (χ1v) is 12.7. The summed E-state index contributed by atoms with van der Waals surface area (Å²) in [6.45, 7) is 7.99. The summed E-state index contributed by atoms with van der Waals surface area (Å²) in [5.74, 6) is -0.649. The van der Waals surface area contributed by atoms with E-state index < -0.39 is 12.5 Å². The van der Waals surface area contributed by atoms with Crippen LogP contribution in [0.25, 0.3) is 16.7 Å². The largest absolute Gasteiger partial charge is 0.494 e. The highest BCUT2D eigenvalue weighted by Crippen LogP contribution is 2.42. The molecule has 1 aliphatic carbocycles. The summed E-state index contributed by atoms with van der Waals surface area (Å²) in [5, 5.41) is 16.9. The Morgan fingerprint density at radius 2 is 1.81 bits per heavy atom. The minimum absolute atomic E-state index is 0.343. The van der Waals surface area contributed by atoms with Crippen LogP contribution in [-0.2, 0) is 23.1 Å². The van der Waals surface area contributed by atoms with Gasteiger partial charge in [-0.1, -0.05) is 29.8 Å². The molecule has 1 amide bonds. The first-order valence-electron chi connectivity index (χ1n) is 12.3. The Morgan fingerprint density at radius 1 is 1.14 bits per heavy atom. The summed E-state index contributed by atoms with van der Waals surface area (Å²) in [5.41, 5.74) is 9.70. The Bertz CT molecular complexity index is 1400. The Labute approximate surface area is 222 Å². The van der Waals surface area contributed by atoms with Crippen molar-refractivity contribution in [2.24, 2.45) is 7.05 Å². The van der Waals surface area contributed by atoms with Gasteiger partial charge in [-0.2, -0.15) is 5.10 Å². The number of nitrogens with zero attached hydrogens (tertiary/aromatic N) is 2. The van der Waals surface area contributed by atoms with E-state index in [0.29, 0.717) is 31.4 Å². The number of carbonyl (C=O) groups is 2. The van der Waals surface area contributed by atoms with E-state index >= 15 is 0 Å². The second kappa shape index (κ2) is 10.8. The fraction of sp³-hybridized carbons (Fsp3) is 0.345. The molecule has 4 rings (SSSR count). The molecule has 0 fully saturated rings. The summed E-state index contributed by atoms with van der Waals surface area (Å²) in [7, 11) is 1.92. The molecule has 0 atom stereocenters. The number of benzene rings is 2. The predicted octanol–water partition coefficient (Wildman–Crippen LogP) is 5.34. The third-order valence-corrected chi connectivity index (χ3v) is 7.52. The maximum Gasteiger partial charge on any atom is 0.322 e. The van der Waals surface area contributed by atoms with Crippen LogP contribution in [0.5, 0.6) is 5.75 Å². The van der Waals surface area contributed by atoms with Crippen molar-refractivity contribution in [1.29, 1.82) is 0 Å². The maximum absolute atomic E-state index is 13.1. The molecule has 8 heteroatoms. The molecule has 2 aromatic carbocycles.